The van der Waals surface area contributed by atoms with Crippen LogP contribution in [0.5, 0.6) is 5.75 Å². The van der Waals surface area contributed by atoms with Gasteiger partial charge in [0, 0.05) is 31.9 Å². The van der Waals surface area contributed by atoms with Gasteiger partial charge in [0.2, 0.25) is 5.13 Å². The van der Waals surface area contributed by atoms with E-state index in [4.69, 9.17) is 9.47 Å². The monoisotopic (exact) mass is 454 g/mol. The fraction of sp³-hybridized carbons (Fsp3) is 0.409. The van der Waals surface area contributed by atoms with Crippen molar-refractivity contribution in [1.82, 2.24) is 20.4 Å². The number of carbonyl (C=O) groups is 1. The highest BCUT2D eigenvalue weighted by atomic mass is 32.1. The summed E-state index contributed by atoms with van der Waals surface area (Å²) >= 11 is 1.40. The summed E-state index contributed by atoms with van der Waals surface area (Å²) in [4.78, 5) is 15.2. The number of Topliss-reactive ketones (excluding diaryl/α,β-unsaturated/α-hetero) is 1. The second-order valence-corrected chi connectivity index (χ2v) is 8.48. The van der Waals surface area contributed by atoms with Crippen LogP contribution in [0.25, 0.3) is 0 Å². The molecule has 168 valence electrons. The summed E-state index contributed by atoms with van der Waals surface area (Å²) in [5.74, 6) is 1.51. The number of ketones is 1. The van der Waals surface area contributed by atoms with Crippen LogP contribution in [0.15, 0.2) is 42.6 Å². The molecule has 2 atom stereocenters. The molecular formula is C22H26N6O3S. The third-order valence-electron chi connectivity index (χ3n) is 5.21. The van der Waals surface area contributed by atoms with E-state index < -0.39 is 6.10 Å². The van der Waals surface area contributed by atoms with E-state index >= 15 is 0 Å². The number of hydrogen-bond acceptors (Lipinski definition) is 10. The van der Waals surface area contributed by atoms with Crippen molar-refractivity contribution in [2.24, 2.45) is 0 Å². The topological polar surface area (TPSA) is 102 Å². The zero-order chi connectivity index (χ0) is 22.3. The Kier molecular flexibility index (Phi) is 7.23. The number of nitrogens with zero attached hydrogens (tertiary/aromatic N) is 5. The van der Waals surface area contributed by atoms with E-state index in [1.165, 1.54) is 11.3 Å². The first kappa shape index (κ1) is 22.1. The third kappa shape index (κ3) is 5.38. The maximum Gasteiger partial charge on any atom is 0.205 e. The van der Waals surface area contributed by atoms with Crippen LogP contribution >= 0.6 is 11.3 Å². The molecule has 9 nitrogen and oxygen atoms in total. The van der Waals surface area contributed by atoms with Crippen molar-refractivity contribution in [3.63, 3.8) is 0 Å². The summed E-state index contributed by atoms with van der Waals surface area (Å²) in [5.41, 5.74) is 0.772. The van der Waals surface area contributed by atoms with Gasteiger partial charge in [-0.15, -0.1) is 15.3 Å². The van der Waals surface area contributed by atoms with E-state index in [1.807, 2.05) is 43.3 Å². The van der Waals surface area contributed by atoms with Gasteiger partial charge in [0.1, 0.15) is 16.9 Å². The molecule has 1 saturated heterocycles. The molecule has 0 radical (unpaired) electrons. The number of rotatable bonds is 10. The molecule has 1 aromatic carbocycles. The second-order valence-electron chi connectivity index (χ2n) is 7.41. The maximum atomic E-state index is 13.0. The molecule has 3 aromatic rings. The summed E-state index contributed by atoms with van der Waals surface area (Å²) in [5, 5.41) is 21.4. The first-order valence-electron chi connectivity index (χ1n) is 10.6. The Hall–Kier alpha value is -3.11. The van der Waals surface area contributed by atoms with Gasteiger partial charge in [-0.3, -0.25) is 4.79 Å². The van der Waals surface area contributed by atoms with Gasteiger partial charge < -0.3 is 19.7 Å². The molecule has 4 rings (SSSR count). The average Bonchev–Trinajstić information content (AvgIpc) is 3.48. The number of ether oxygens (including phenoxy) is 2. The van der Waals surface area contributed by atoms with Crippen LogP contribution in [0.2, 0.25) is 0 Å². The number of hydrogen-bond donors (Lipinski definition) is 1. The van der Waals surface area contributed by atoms with Crippen molar-refractivity contribution >= 4 is 28.1 Å². The molecule has 0 unspecified atom stereocenters. The lowest BCUT2D eigenvalue weighted by atomic mass is 10.0. The normalized spacial score (nSPS) is 16.7. The molecule has 10 heteroatoms. The molecule has 1 aliphatic rings. The minimum Gasteiger partial charge on any atom is -0.497 e. The minimum atomic E-state index is -0.661. The van der Waals surface area contributed by atoms with E-state index in [1.54, 1.807) is 13.3 Å². The molecule has 0 bridgehead atoms. The van der Waals surface area contributed by atoms with E-state index in [-0.39, 0.29) is 18.2 Å². The molecular weight excluding hydrogens is 428 g/mol. The summed E-state index contributed by atoms with van der Waals surface area (Å²) in [6.07, 6.45) is 2.14. The van der Waals surface area contributed by atoms with Gasteiger partial charge in [0.15, 0.2) is 11.6 Å². The summed E-state index contributed by atoms with van der Waals surface area (Å²) < 4.78 is 11.0. The largest absolute Gasteiger partial charge is 0.497 e. The Labute approximate surface area is 190 Å². The quantitative estimate of drug-likeness (QED) is 0.495. The predicted octanol–water partition coefficient (Wildman–Crippen LogP) is 2.92. The van der Waals surface area contributed by atoms with Gasteiger partial charge in [-0.2, -0.15) is 5.10 Å². The Morgan fingerprint density at radius 2 is 2.19 bits per heavy atom. The minimum absolute atomic E-state index is 0.0579. The van der Waals surface area contributed by atoms with Crippen molar-refractivity contribution in [3.05, 3.63) is 53.2 Å². The van der Waals surface area contributed by atoms with E-state index in [0.717, 1.165) is 30.9 Å². The van der Waals surface area contributed by atoms with Crippen LogP contribution in [0, 0.1) is 0 Å². The van der Waals surface area contributed by atoms with Crippen LogP contribution < -0.4 is 15.0 Å². The SMILES string of the molecule is CCO[C@@H](C(=O)Cc1nnc(N[C@@H]2CCN(c3cccnn3)C2)s1)c1cccc(OC)c1. The van der Waals surface area contributed by atoms with E-state index in [2.05, 4.69) is 30.6 Å². The number of methoxy groups -OCH3 is 1. The zero-order valence-electron chi connectivity index (χ0n) is 18.1. The number of anilines is 2. The molecule has 3 heterocycles. The van der Waals surface area contributed by atoms with Crippen LogP contribution in [0.3, 0.4) is 0 Å². The predicted molar refractivity (Wildman–Crippen MR) is 122 cm³/mol. The molecule has 2 aromatic heterocycles. The fourth-order valence-electron chi connectivity index (χ4n) is 3.69. The van der Waals surface area contributed by atoms with Crippen molar-refractivity contribution in [1.29, 1.82) is 0 Å². The van der Waals surface area contributed by atoms with E-state index in [9.17, 15) is 4.79 Å². The van der Waals surface area contributed by atoms with Gasteiger partial charge >= 0.3 is 0 Å². The van der Waals surface area contributed by atoms with Gasteiger partial charge in [-0.25, -0.2) is 0 Å². The average molecular weight is 455 g/mol. The zero-order valence-corrected chi connectivity index (χ0v) is 18.9. The molecule has 1 aliphatic heterocycles. The molecule has 1 fully saturated rings. The Morgan fingerprint density at radius 1 is 1.28 bits per heavy atom. The van der Waals surface area contributed by atoms with Crippen LogP contribution in [-0.4, -0.2) is 59.0 Å². The summed E-state index contributed by atoms with van der Waals surface area (Å²) in [6.45, 7) is 4.02. The lowest BCUT2D eigenvalue weighted by molar-refractivity contribution is -0.130. The lowest BCUT2D eigenvalue weighted by Gasteiger charge is -2.16. The third-order valence-corrected chi connectivity index (χ3v) is 6.07. The van der Waals surface area contributed by atoms with E-state index in [0.29, 0.717) is 22.5 Å². The highest BCUT2D eigenvalue weighted by Gasteiger charge is 2.26. The highest BCUT2D eigenvalue weighted by molar-refractivity contribution is 7.15. The smallest absolute Gasteiger partial charge is 0.205 e. The molecule has 0 saturated carbocycles. The van der Waals surface area contributed by atoms with Crippen LogP contribution in [-0.2, 0) is 16.0 Å². The molecule has 0 spiro atoms. The highest BCUT2D eigenvalue weighted by Crippen LogP contribution is 2.27. The van der Waals surface area contributed by atoms with Gasteiger partial charge in [-0.1, -0.05) is 23.5 Å². The number of aromatic nitrogens is 4. The number of carbonyl (C=O) groups excluding carboxylic acids is 1. The number of nitrogens with one attached hydrogen (secondary N) is 1. The Morgan fingerprint density at radius 3 is 2.97 bits per heavy atom. The van der Waals surface area contributed by atoms with Gasteiger partial charge in [0.25, 0.3) is 0 Å². The van der Waals surface area contributed by atoms with Crippen molar-refractivity contribution in [3.8, 4) is 5.75 Å². The Bertz CT molecular complexity index is 1030. The summed E-state index contributed by atoms with van der Waals surface area (Å²) in [6, 6.07) is 11.5. The first-order chi connectivity index (χ1) is 15.7. The molecule has 32 heavy (non-hydrogen) atoms. The lowest BCUT2D eigenvalue weighted by Crippen LogP contribution is -2.26. The molecule has 0 amide bonds. The standard InChI is InChI=1S/C22H26N6O3S/c1-3-31-21(15-6-4-7-17(12-15)30-2)18(29)13-20-26-27-22(32-20)24-16-9-11-28(14-16)19-8-5-10-23-25-19/h4-8,10,12,16,21H,3,9,11,13-14H2,1-2H3,(H,24,27)/t16-,21-/m1/s1. The Balaban J connectivity index is 1.36. The van der Waals surface area contributed by atoms with Gasteiger partial charge in [0.05, 0.1) is 13.5 Å². The van der Waals surface area contributed by atoms with Crippen LogP contribution in [0.4, 0.5) is 10.9 Å². The van der Waals surface area contributed by atoms with Crippen molar-refractivity contribution in [2.45, 2.75) is 31.9 Å². The van der Waals surface area contributed by atoms with Crippen LogP contribution in [0.1, 0.15) is 30.0 Å². The van der Waals surface area contributed by atoms with Crippen molar-refractivity contribution in [2.75, 3.05) is 37.0 Å². The molecule has 1 N–H and O–H groups in total. The first-order valence-corrected chi connectivity index (χ1v) is 11.4. The van der Waals surface area contributed by atoms with Crippen molar-refractivity contribution < 1.29 is 14.3 Å². The molecule has 0 aliphatic carbocycles. The maximum absolute atomic E-state index is 13.0. The number of benzene rings is 1. The van der Waals surface area contributed by atoms with Gasteiger partial charge in [-0.05, 0) is 43.2 Å². The summed E-state index contributed by atoms with van der Waals surface area (Å²) in [7, 11) is 1.60. The fourth-order valence-corrected chi connectivity index (χ4v) is 4.52. The second kappa shape index (κ2) is 10.5.